The molecule has 1 aliphatic rings. The van der Waals surface area contributed by atoms with E-state index in [1.807, 2.05) is 0 Å². The van der Waals surface area contributed by atoms with Crippen molar-refractivity contribution in [3.05, 3.63) is 0 Å². The van der Waals surface area contributed by atoms with Crippen LogP contribution in [0.2, 0.25) is 0 Å². The molecule has 82 valence electrons. The highest BCUT2D eigenvalue weighted by molar-refractivity contribution is 5.70. The van der Waals surface area contributed by atoms with Gasteiger partial charge in [0, 0.05) is 6.04 Å². The zero-order valence-corrected chi connectivity index (χ0v) is 9.00. The van der Waals surface area contributed by atoms with Gasteiger partial charge in [-0.2, -0.15) is 0 Å². The zero-order chi connectivity index (χ0) is 10.4. The van der Waals surface area contributed by atoms with Crippen LogP contribution in [-0.4, -0.2) is 18.1 Å². The Balaban J connectivity index is 2.14. The van der Waals surface area contributed by atoms with E-state index >= 15 is 0 Å². The van der Waals surface area contributed by atoms with Crippen molar-refractivity contribution in [1.82, 2.24) is 0 Å². The summed E-state index contributed by atoms with van der Waals surface area (Å²) in [7, 11) is 0. The van der Waals surface area contributed by atoms with Crippen LogP contribution in [0.3, 0.4) is 0 Å². The molecule has 0 aromatic rings. The number of esters is 1. The number of ether oxygens (including phenoxy) is 1. The summed E-state index contributed by atoms with van der Waals surface area (Å²) in [5, 5.41) is 0. The van der Waals surface area contributed by atoms with Crippen LogP contribution in [0, 0.1) is 0 Å². The van der Waals surface area contributed by atoms with Gasteiger partial charge in [0.15, 0.2) is 0 Å². The maximum Gasteiger partial charge on any atom is 0.307 e. The average Bonchev–Trinajstić information content (AvgIpc) is 2.56. The molecular formula is C11H21NO2. The molecule has 0 saturated heterocycles. The molecule has 0 amide bonds. The van der Waals surface area contributed by atoms with Gasteiger partial charge in [-0.25, -0.2) is 0 Å². The van der Waals surface area contributed by atoms with E-state index in [1.165, 1.54) is 12.8 Å². The largest absolute Gasteiger partial charge is 0.462 e. The van der Waals surface area contributed by atoms with Crippen molar-refractivity contribution in [2.75, 3.05) is 0 Å². The van der Waals surface area contributed by atoms with Gasteiger partial charge in [-0.15, -0.1) is 0 Å². The number of rotatable bonds is 5. The highest BCUT2D eigenvalue weighted by Crippen LogP contribution is 2.21. The highest BCUT2D eigenvalue weighted by Gasteiger charge is 2.20. The van der Waals surface area contributed by atoms with Crippen molar-refractivity contribution in [3.8, 4) is 0 Å². The second kappa shape index (κ2) is 6.02. The van der Waals surface area contributed by atoms with Crippen LogP contribution in [0.4, 0.5) is 0 Å². The molecule has 0 bridgehead atoms. The maximum absolute atomic E-state index is 11.4. The number of carbonyl (C=O) groups excluding carboxylic acids is 1. The average molecular weight is 199 g/mol. The molecule has 1 saturated carbocycles. The summed E-state index contributed by atoms with van der Waals surface area (Å²) < 4.78 is 5.31. The van der Waals surface area contributed by atoms with Crippen molar-refractivity contribution in [3.63, 3.8) is 0 Å². The van der Waals surface area contributed by atoms with E-state index in [2.05, 4.69) is 6.92 Å². The van der Waals surface area contributed by atoms with Gasteiger partial charge in [-0.05, 0) is 32.1 Å². The second-order valence-electron chi connectivity index (χ2n) is 4.15. The minimum Gasteiger partial charge on any atom is -0.462 e. The van der Waals surface area contributed by atoms with Crippen LogP contribution in [0.15, 0.2) is 0 Å². The fraction of sp³-hybridized carbons (Fsp3) is 0.909. The standard InChI is InChI=1S/C11H21NO2/c1-2-5-9(12)8-11(13)14-10-6-3-4-7-10/h9-10H,2-8,12H2,1H3. The van der Waals surface area contributed by atoms with Gasteiger partial charge < -0.3 is 10.5 Å². The summed E-state index contributed by atoms with van der Waals surface area (Å²) in [5.74, 6) is -0.113. The van der Waals surface area contributed by atoms with Crippen LogP contribution in [0.25, 0.3) is 0 Å². The lowest BCUT2D eigenvalue weighted by atomic mass is 10.1. The summed E-state index contributed by atoms with van der Waals surface area (Å²) >= 11 is 0. The molecule has 0 radical (unpaired) electrons. The van der Waals surface area contributed by atoms with Crippen LogP contribution in [-0.2, 0) is 9.53 Å². The van der Waals surface area contributed by atoms with E-state index in [9.17, 15) is 4.79 Å². The first-order chi connectivity index (χ1) is 6.72. The Kier molecular flexibility index (Phi) is 4.94. The van der Waals surface area contributed by atoms with E-state index in [0.29, 0.717) is 6.42 Å². The van der Waals surface area contributed by atoms with Crippen LogP contribution < -0.4 is 5.73 Å². The van der Waals surface area contributed by atoms with Gasteiger partial charge in [0.2, 0.25) is 0 Å². The van der Waals surface area contributed by atoms with Gasteiger partial charge in [0.1, 0.15) is 6.10 Å². The maximum atomic E-state index is 11.4. The lowest BCUT2D eigenvalue weighted by molar-refractivity contribution is -0.149. The Hall–Kier alpha value is -0.570. The molecule has 1 atom stereocenters. The van der Waals surface area contributed by atoms with E-state index in [-0.39, 0.29) is 18.1 Å². The van der Waals surface area contributed by atoms with Gasteiger partial charge in [0.25, 0.3) is 0 Å². The fourth-order valence-corrected chi connectivity index (χ4v) is 1.93. The van der Waals surface area contributed by atoms with Crippen LogP contribution >= 0.6 is 0 Å². The molecule has 0 aromatic heterocycles. The Bertz CT molecular complexity index is 176. The normalized spacial score (nSPS) is 19.6. The summed E-state index contributed by atoms with van der Waals surface area (Å²) in [4.78, 5) is 11.4. The summed E-state index contributed by atoms with van der Waals surface area (Å²) in [6.45, 7) is 2.07. The van der Waals surface area contributed by atoms with Gasteiger partial charge in [-0.3, -0.25) is 4.79 Å². The van der Waals surface area contributed by atoms with Gasteiger partial charge in [-0.1, -0.05) is 13.3 Å². The fourth-order valence-electron chi connectivity index (χ4n) is 1.93. The number of nitrogens with two attached hydrogens (primary N) is 1. The number of hydrogen-bond acceptors (Lipinski definition) is 3. The highest BCUT2D eigenvalue weighted by atomic mass is 16.5. The van der Waals surface area contributed by atoms with Crippen molar-refractivity contribution >= 4 is 5.97 Å². The third-order valence-electron chi connectivity index (χ3n) is 2.69. The molecule has 1 rings (SSSR count). The van der Waals surface area contributed by atoms with E-state index in [1.54, 1.807) is 0 Å². The first kappa shape index (κ1) is 11.5. The quantitative estimate of drug-likeness (QED) is 0.689. The zero-order valence-electron chi connectivity index (χ0n) is 9.00. The van der Waals surface area contributed by atoms with E-state index in [0.717, 1.165) is 25.7 Å². The SMILES string of the molecule is CCCC(N)CC(=O)OC1CCCC1. The van der Waals surface area contributed by atoms with Crippen molar-refractivity contribution < 1.29 is 9.53 Å². The molecular weight excluding hydrogens is 178 g/mol. The van der Waals surface area contributed by atoms with Crippen LogP contribution in [0.5, 0.6) is 0 Å². The Morgan fingerprint density at radius 2 is 2.14 bits per heavy atom. The Morgan fingerprint density at radius 1 is 1.50 bits per heavy atom. The lowest BCUT2D eigenvalue weighted by Gasteiger charge is -2.13. The number of hydrogen-bond donors (Lipinski definition) is 1. The first-order valence-corrected chi connectivity index (χ1v) is 5.67. The molecule has 14 heavy (non-hydrogen) atoms. The molecule has 0 spiro atoms. The predicted molar refractivity (Wildman–Crippen MR) is 55.8 cm³/mol. The summed E-state index contributed by atoms with van der Waals surface area (Å²) in [6, 6.07) is -0.0195. The van der Waals surface area contributed by atoms with E-state index in [4.69, 9.17) is 10.5 Å². The monoisotopic (exact) mass is 199 g/mol. The molecule has 0 aromatic carbocycles. The van der Waals surface area contributed by atoms with Gasteiger partial charge in [0.05, 0.1) is 6.42 Å². The van der Waals surface area contributed by atoms with Gasteiger partial charge >= 0.3 is 5.97 Å². The first-order valence-electron chi connectivity index (χ1n) is 5.67. The molecule has 1 aliphatic carbocycles. The predicted octanol–water partition coefficient (Wildman–Crippen LogP) is 1.99. The van der Waals surface area contributed by atoms with Crippen molar-refractivity contribution in [1.29, 1.82) is 0 Å². The molecule has 3 heteroatoms. The van der Waals surface area contributed by atoms with Crippen molar-refractivity contribution in [2.45, 2.75) is 64.0 Å². The molecule has 2 N–H and O–H groups in total. The molecule has 0 heterocycles. The van der Waals surface area contributed by atoms with Crippen LogP contribution in [0.1, 0.15) is 51.9 Å². The van der Waals surface area contributed by atoms with Crippen molar-refractivity contribution in [2.24, 2.45) is 5.73 Å². The molecule has 3 nitrogen and oxygen atoms in total. The Morgan fingerprint density at radius 3 is 2.71 bits per heavy atom. The topological polar surface area (TPSA) is 52.3 Å². The minimum atomic E-state index is -0.113. The summed E-state index contributed by atoms with van der Waals surface area (Å²) in [5.41, 5.74) is 5.76. The summed E-state index contributed by atoms with van der Waals surface area (Å²) in [6.07, 6.45) is 6.94. The third-order valence-corrected chi connectivity index (χ3v) is 2.69. The minimum absolute atomic E-state index is 0.0195. The lowest BCUT2D eigenvalue weighted by Crippen LogP contribution is -2.26. The molecule has 1 fully saturated rings. The molecule has 0 aliphatic heterocycles. The second-order valence-corrected chi connectivity index (χ2v) is 4.15. The third kappa shape index (κ3) is 4.09. The Labute approximate surface area is 86.0 Å². The smallest absolute Gasteiger partial charge is 0.307 e. The number of carbonyl (C=O) groups is 1. The molecule has 1 unspecified atom stereocenters. The van der Waals surface area contributed by atoms with E-state index < -0.39 is 0 Å².